The molecule has 7 nitrogen and oxygen atoms in total. The fraction of sp³-hybridized carbons (Fsp3) is 0.179. The number of allylic oxidation sites excluding steroid dienone is 1. The summed E-state index contributed by atoms with van der Waals surface area (Å²) in [6.45, 7) is 7.76. The Balaban J connectivity index is 1.75. The molecule has 1 amide bonds. The van der Waals surface area contributed by atoms with Crippen LogP contribution in [0.2, 0.25) is 0 Å². The first kappa shape index (κ1) is 24.7. The molecule has 1 heterocycles. The molecule has 4 aromatic rings. The number of nitro benzene ring substituents is 1. The van der Waals surface area contributed by atoms with E-state index in [-0.39, 0.29) is 5.69 Å². The van der Waals surface area contributed by atoms with Gasteiger partial charge in [-0.2, -0.15) is 4.39 Å². The Morgan fingerprint density at radius 2 is 1.86 bits per heavy atom. The van der Waals surface area contributed by atoms with Crippen molar-refractivity contribution in [1.82, 2.24) is 0 Å². The number of nitro groups is 1. The van der Waals surface area contributed by atoms with Crippen LogP contribution < -0.4 is 10.1 Å². The fourth-order valence-electron chi connectivity index (χ4n) is 4.38. The first-order chi connectivity index (χ1) is 17.1. The first-order valence-corrected chi connectivity index (χ1v) is 11.2. The number of nitrogens with zero attached hydrogens (tertiary/aromatic N) is 1. The molecule has 0 aliphatic carbocycles. The van der Waals surface area contributed by atoms with Crippen molar-refractivity contribution in [3.8, 4) is 16.9 Å². The van der Waals surface area contributed by atoms with E-state index in [1.54, 1.807) is 20.3 Å². The topological polar surface area (TPSA) is 94.6 Å². The number of benzene rings is 3. The first-order valence-electron chi connectivity index (χ1n) is 11.2. The van der Waals surface area contributed by atoms with Gasteiger partial charge in [0, 0.05) is 39.9 Å². The third-order valence-electron chi connectivity index (χ3n) is 6.10. The van der Waals surface area contributed by atoms with Gasteiger partial charge in [0.05, 0.1) is 18.3 Å². The van der Waals surface area contributed by atoms with Crippen molar-refractivity contribution in [3.05, 3.63) is 93.0 Å². The SMILES string of the molecule is COc1c(/C(C)=C/C(=O)Nc2ccc(F)c([N+](=O)[O-])c2)cc2c(-c3ccc(C)cc3C)coc2c1C. The van der Waals surface area contributed by atoms with Gasteiger partial charge in [-0.25, -0.2) is 0 Å². The Bertz CT molecular complexity index is 1550. The summed E-state index contributed by atoms with van der Waals surface area (Å²) in [6.07, 6.45) is 3.10. The Morgan fingerprint density at radius 3 is 2.53 bits per heavy atom. The Morgan fingerprint density at radius 1 is 1.11 bits per heavy atom. The van der Waals surface area contributed by atoms with Gasteiger partial charge in [0.15, 0.2) is 0 Å². The van der Waals surface area contributed by atoms with Crippen molar-refractivity contribution >= 4 is 33.8 Å². The van der Waals surface area contributed by atoms with E-state index in [2.05, 4.69) is 17.4 Å². The van der Waals surface area contributed by atoms with Crippen molar-refractivity contribution < 1.29 is 23.3 Å². The molecule has 8 heteroatoms. The van der Waals surface area contributed by atoms with Crippen molar-refractivity contribution in [3.63, 3.8) is 0 Å². The van der Waals surface area contributed by atoms with Crippen molar-refractivity contribution in [1.29, 1.82) is 0 Å². The number of hydrogen-bond donors (Lipinski definition) is 1. The van der Waals surface area contributed by atoms with Crippen LogP contribution >= 0.6 is 0 Å². The number of aryl methyl sites for hydroxylation is 3. The lowest BCUT2D eigenvalue weighted by molar-refractivity contribution is -0.387. The number of fused-ring (bicyclic) bond motifs is 1. The summed E-state index contributed by atoms with van der Waals surface area (Å²) in [7, 11) is 1.55. The van der Waals surface area contributed by atoms with Crippen molar-refractivity contribution in [2.24, 2.45) is 0 Å². The van der Waals surface area contributed by atoms with Gasteiger partial charge >= 0.3 is 5.69 Å². The van der Waals surface area contributed by atoms with Crippen LogP contribution in [0.1, 0.15) is 29.2 Å². The van der Waals surface area contributed by atoms with Crippen LogP contribution in [0.25, 0.3) is 27.7 Å². The lowest BCUT2D eigenvalue weighted by Crippen LogP contribution is -2.09. The maximum Gasteiger partial charge on any atom is 0.306 e. The summed E-state index contributed by atoms with van der Waals surface area (Å²) < 4.78 is 25.2. The number of nitrogens with one attached hydrogen (secondary N) is 1. The maximum absolute atomic E-state index is 13.6. The van der Waals surface area contributed by atoms with Gasteiger partial charge in [0.25, 0.3) is 0 Å². The zero-order valence-corrected chi connectivity index (χ0v) is 20.6. The van der Waals surface area contributed by atoms with Crippen molar-refractivity contribution in [2.75, 3.05) is 12.4 Å². The number of rotatable bonds is 6. The predicted octanol–water partition coefficient (Wildman–Crippen LogP) is 7.12. The van der Waals surface area contributed by atoms with E-state index < -0.39 is 22.3 Å². The Kier molecular flexibility index (Phi) is 6.61. The summed E-state index contributed by atoms with van der Waals surface area (Å²) in [5.41, 5.74) is 6.47. The van der Waals surface area contributed by atoms with Gasteiger partial charge in [0.1, 0.15) is 11.3 Å². The van der Waals surface area contributed by atoms with Gasteiger partial charge in [-0.1, -0.05) is 23.8 Å². The molecule has 0 bridgehead atoms. The largest absolute Gasteiger partial charge is 0.496 e. The molecule has 0 saturated heterocycles. The molecule has 36 heavy (non-hydrogen) atoms. The van der Waals surface area contributed by atoms with Gasteiger partial charge in [-0.15, -0.1) is 0 Å². The third-order valence-corrected chi connectivity index (χ3v) is 6.10. The van der Waals surface area contributed by atoms with Crippen LogP contribution in [0.3, 0.4) is 0 Å². The van der Waals surface area contributed by atoms with Crippen molar-refractivity contribution in [2.45, 2.75) is 27.7 Å². The number of halogens is 1. The molecule has 4 rings (SSSR count). The number of furan rings is 1. The third kappa shape index (κ3) is 4.57. The van der Waals surface area contributed by atoms with Gasteiger partial charge in [-0.3, -0.25) is 14.9 Å². The highest BCUT2D eigenvalue weighted by atomic mass is 19.1. The summed E-state index contributed by atoms with van der Waals surface area (Å²) >= 11 is 0. The molecule has 0 aliphatic rings. The summed E-state index contributed by atoms with van der Waals surface area (Å²) in [5, 5.41) is 14.4. The fourth-order valence-corrected chi connectivity index (χ4v) is 4.38. The number of anilines is 1. The normalized spacial score (nSPS) is 11.6. The summed E-state index contributed by atoms with van der Waals surface area (Å²) in [4.78, 5) is 22.9. The minimum atomic E-state index is -0.974. The van der Waals surface area contributed by atoms with E-state index in [0.29, 0.717) is 22.5 Å². The zero-order chi connectivity index (χ0) is 26.1. The Hall–Kier alpha value is -4.46. The number of ether oxygens (including phenoxy) is 1. The molecular formula is C28H25FN2O5. The second-order valence-corrected chi connectivity index (χ2v) is 8.67. The summed E-state index contributed by atoms with van der Waals surface area (Å²) in [6, 6.07) is 11.3. The number of hydrogen-bond acceptors (Lipinski definition) is 5. The highest BCUT2D eigenvalue weighted by Crippen LogP contribution is 2.41. The van der Waals surface area contributed by atoms with Crippen LogP contribution in [0, 0.1) is 36.7 Å². The van der Waals surface area contributed by atoms with Gasteiger partial charge < -0.3 is 14.5 Å². The van der Waals surface area contributed by atoms with E-state index in [0.717, 1.165) is 39.8 Å². The average molecular weight is 489 g/mol. The van der Waals surface area contributed by atoms with E-state index >= 15 is 0 Å². The molecular weight excluding hydrogens is 463 g/mol. The minimum Gasteiger partial charge on any atom is -0.496 e. The van der Waals surface area contributed by atoms with Crippen LogP contribution in [0.15, 0.2) is 59.2 Å². The lowest BCUT2D eigenvalue weighted by atomic mass is 9.94. The molecule has 0 aliphatic heterocycles. The molecule has 184 valence electrons. The molecule has 0 spiro atoms. The van der Waals surface area contributed by atoms with E-state index in [9.17, 15) is 19.3 Å². The molecule has 1 aromatic heterocycles. The Labute approximate surface area is 207 Å². The second-order valence-electron chi connectivity index (χ2n) is 8.67. The molecule has 3 aromatic carbocycles. The lowest BCUT2D eigenvalue weighted by Gasteiger charge is -2.14. The second kappa shape index (κ2) is 9.65. The smallest absolute Gasteiger partial charge is 0.306 e. The zero-order valence-electron chi connectivity index (χ0n) is 20.6. The van der Waals surface area contributed by atoms with Crippen LogP contribution in [-0.2, 0) is 4.79 Å². The standard InChI is InChI=1S/C28H25FN2O5/c1-15-6-8-20(16(2)10-15)23-14-36-28-18(4)27(35-5)21(13-22(23)28)17(3)11-26(32)30-19-7-9-24(29)25(12-19)31(33)34/h6-14H,1-5H3,(H,30,32)/b17-11+. The van der Waals surface area contributed by atoms with Crippen LogP contribution in [-0.4, -0.2) is 17.9 Å². The van der Waals surface area contributed by atoms with E-state index in [4.69, 9.17) is 9.15 Å². The number of carbonyl (C=O) groups is 1. The number of amides is 1. The van der Waals surface area contributed by atoms with Gasteiger partial charge in [-0.05, 0) is 62.6 Å². The van der Waals surface area contributed by atoms with Crippen LogP contribution in [0.5, 0.6) is 5.75 Å². The highest BCUT2D eigenvalue weighted by Gasteiger charge is 2.20. The molecule has 0 unspecified atom stereocenters. The molecule has 0 radical (unpaired) electrons. The number of methoxy groups -OCH3 is 1. The average Bonchev–Trinajstić information content (AvgIpc) is 3.24. The van der Waals surface area contributed by atoms with E-state index in [1.807, 2.05) is 32.9 Å². The molecule has 0 atom stereocenters. The number of carbonyl (C=O) groups excluding carboxylic acids is 1. The minimum absolute atomic E-state index is 0.114. The molecule has 1 N–H and O–H groups in total. The van der Waals surface area contributed by atoms with E-state index in [1.165, 1.54) is 17.7 Å². The summed E-state index contributed by atoms with van der Waals surface area (Å²) in [5.74, 6) is -0.920. The molecule has 0 fully saturated rings. The quantitative estimate of drug-likeness (QED) is 0.177. The highest BCUT2D eigenvalue weighted by molar-refractivity contribution is 6.06. The molecule has 0 saturated carbocycles. The maximum atomic E-state index is 13.6. The predicted molar refractivity (Wildman–Crippen MR) is 138 cm³/mol. The van der Waals surface area contributed by atoms with Crippen LogP contribution in [0.4, 0.5) is 15.8 Å². The van der Waals surface area contributed by atoms with Gasteiger partial charge in [0.2, 0.25) is 11.7 Å². The monoisotopic (exact) mass is 488 g/mol.